The van der Waals surface area contributed by atoms with Crippen LogP contribution in [0.1, 0.15) is 5.69 Å². The van der Waals surface area contributed by atoms with Gasteiger partial charge in [0.1, 0.15) is 0 Å². The Morgan fingerprint density at radius 2 is 2.12 bits per heavy atom. The number of aromatic nitrogens is 2. The Balaban J connectivity index is 0.00000128. The van der Waals surface area contributed by atoms with Crippen LogP contribution in [0.3, 0.4) is 0 Å². The molecule has 8 heteroatoms. The van der Waals surface area contributed by atoms with Crippen LogP contribution < -0.4 is 0 Å². The van der Waals surface area contributed by atoms with Crippen molar-refractivity contribution < 1.29 is 13.0 Å². The molecule has 0 spiro atoms. The largest absolute Gasteiger partial charge is 0.294 e. The number of rotatable bonds is 2. The maximum atomic E-state index is 10.9. The van der Waals surface area contributed by atoms with Gasteiger partial charge in [-0.3, -0.25) is 9.65 Å². The standard InChI is InChI=1S/C8H7BrN2O3S.ClH/c9-4-8-6-3-5(15(12,13)14)1-2-7(6)10-11-8;/h1-3H,4H2,(H,10,11)(H,12,13,14);1H. The van der Waals surface area contributed by atoms with E-state index in [9.17, 15) is 8.42 Å². The molecule has 88 valence electrons. The highest BCUT2D eigenvalue weighted by Crippen LogP contribution is 2.21. The lowest BCUT2D eigenvalue weighted by Gasteiger charge is -1.97. The van der Waals surface area contributed by atoms with Crippen molar-refractivity contribution in [2.45, 2.75) is 10.2 Å². The smallest absolute Gasteiger partial charge is 0.282 e. The highest BCUT2D eigenvalue weighted by Gasteiger charge is 2.12. The summed E-state index contributed by atoms with van der Waals surface area (Å²) in [4.78, 5) is -0.126. The second kappa shape index (κ2) is 4.70. The molecule has 2 N–H and O–H groups in total. The summed E-state index contributed by atoms with van der Waals surface area (Å²) in [5, 5.41) is 7.95. The maximum Gasteiger partial charge on any atom is 0.294 e. The molecule has 0 fully saturated rings. The minimum atomic E-state index is -4.15. The van der Waals surface area contributed by atoms with Gasteiger partial charge in [0.05, 0.1) is 16.1 Å². The van der Waals surface area contributed by atoms with E-state index < -0.39 is 10.1 Å². The van der Waals surface area contributed by atoms with E-state index in [2.05, 4.69) is 26.1 Å². The minimum Gasteiger partial charge on any atom is -0.282 e. The number of H-pyrrole nitrogens is 1. The summed E-state index contributed by atoms with van der Waals surface area (Å²) in [6, 6.07) is 4.29. The molecule has 0 aliphatic rings. The Kier molecular flexibility index (Phi) is 3.95. The normalized spacial score (nSPS) is 11.4. The monoisotopic (exact) mass is 326 g/mol. The lowest BCUT2D eigenvalue weighted by Crippen LogP contribution is -1.97. The van der Waals surface area contributed by atoms with Crippen LogP contribution in [0.15, 0.2) is 23.1 Å². The van der Waals surface area contributed by atoms with Gasteiger partial charge in [0, 0.05) is 10.7 Å². The molecule has 2 rings (SSSR count). The van der Waals surface area contributed by atoms with Crippen LogP contribution in [-0.2, 0) is 15.4 Å². The van der Waals surface area contributed by atoms with Crippen LogP contribution in [0.5, 0.6) is 0 Å². The number of nitrogens with zero attached hydrogens (tertiary/aromatic N) is 1. The molecular weight excluding hydrogens is 320 g/mol. The molecule has 0 saturated carbocycles. The van der Waals surface area contributed by atoms with E-state index in [1.807, 2.05) is 0 Å². The number of hydrogen-bond acceptors (Lipinski definition) is 3. The van der Waals surface area contributed by atoms with Crippen LogP contribution in [-0.4, -0.2) is 23.2 Å². The van der Waals surface area contributed by atoms with E-state index in [0.29, 0.717) is 16.4 Å². The van der Waals surface area contributed by atoms with Crippen LogP contribution in [0.2, 0.25) is 0 Å². The molecule has 16 heavy (non-hydrogen) atoms. The highest BCUT2D eigenvalue weighted by molar-refractivity contribution is 9.08. The van der Waals surface area contributed by atoms with E-state index in [1.54, 1.807) is 6.07 Å². The first-order valence-electron chi connectivity index (χ1n) is 4.03. The van der Waals surface area contributed by atoms with Crippen LogP contribution >= 0.6 is 28.3 Å². The van der Waals surface area contributed by atoms with Gasteiger partial charge >= 0.3 is 0 Å². The number of hydrogen-bond donors (Lipinski definition) is 2. The van der Waals surface area contributed by atoms with Crippen molar-refractivity contribution in [3.8, 4) is 0 Å². The Morgan fingerprint density at radius 3 is 2.69 bits per heavy atom. The van der Waals surface area contributed by atoms with Crippen LogP contribution in [0.25, 0.3) is 10.9 Å². The fourth-order valence-electron chi connectivity index (χ4n) is 1.31. The first-order valence-corrected chi connectivity index (χ1v) is 6.59. The number of nitrogens with one attached hydrogen (secondary N) is 1. The Hall–Kier alpha value is -0.630. The molecule has 1 heterocycles. The average Bonchev–Trinajstić information content (AvgIpc) is 2.57. The molecule has 1 aromatic heterocycles. The second-order valence-electron chi connectivity index (χ2n) is 2.99. The summed E-state index contributed by atoms with van der Waals surface area (Å²) in [6.45, 7) is 0. The highest BCUT2D eigenvalue weighted by atomic mass is 79.9. The van der Waals surface area contributed by atoms with Gasteiger partial charge in [0.15, 0.2) is 0 Å². The third-order valence-corrected chi connectivity index (χ3v) is 3.42. The van der Waals surface area contributed by atoms with Crippen molar-refractivity contribution in [1.29, 1.82) is 0 Å². The molecule has 0 radical (unpaired) electrons. The Bertz CT molecular complexity index is 611. The number of aromatic amines is 1. The van der Waals surface area contributed by atoms with Crippen molar-refractivity contribution in [2.75, 3.05) is 0 Å². The van der Waals surface area contributed by atoms with E-state index in [0.717, 1.165) is 5.52 Å². The van der Waals surface area contributed by atoms with Gasteiger partial charge in [0.2, 0.25) is 0 Å². The summed E-state index contributed by atoms with van der Waals surface area (Å²) in [7, 11) is -4.15. The van der Waals surface area contributed by atoms with E-state index in [4.69, 9.17) is 4.55 Å². The molecular formula is C8H8BrClN2O3S. The summed E-state index contributed by atoms with van der Waals surface area (Å²) in [5.41, 5.74) is 1.44. The lowest BCUT2D eigenvalue weighted by molar-refractivity contribution is 0.483. The molecule has 0 bridgehead atoms. The van der Waals surface area contributed by atoms with Gasteiger partial charge in [-0.2, -0.15) is 13.5 Å². The van der Waals surface area contributed by atoms with Gasteiger partial charge in [-0.25, -0.2) is 0 Å². The zero-order valence-electron chi connectivity index (χ0n) is 7.84. The molecule has 1 aromatic carbocycles. The summed E-state index contributed by atoms with van der Waals surface area (Å²) in [5.74, 6) is 0. The number of benzene rings is 1. The molecule has 0 aliphatic heterocycles. The first kappa shape index (κ1) is 13.4. The SMILES string of the molecule is Cl.O=S(=O)(O)c1ccc2[nH]nc(CBr)c2c1. The van der Waals surface area contributed by atoms with Gasteiger partial charge < -0.3 is 0 Å². The molecule has 2 aromatic rings. The molecule has 0 aliphatic carbocycles. The van der Waals surface area contributed by atoms with Gasteiger partial charge in [-0.1, -0.05) is 15.9 Å². The Labute approximate surface area is 107 Å². The number of fused-ring (bicyclic) bond motifs is 1. The molecule has 0 unspecified atom stereocenters. The average molecular weight is 328 g/mol. The third-order valence-electron chi connectivity index (χ3n) is 2.04. The van der Waals surface area contributed by atoms with Crippen LogP contribution in [0.4, 0.5) is 0 Å². The van der Waals surface area contributed by atoms with Crippen molar-refractivity contribution in [3.63, 3.8) is 0 Å². The topological polar surface area (TPSA) is 83.0 Å². The lowest BCUT2D eigenvalue weighted by atomic mass is 10.2. The quantitative estimate of drug-likeness (QED) is 0.654. The number of alkyl halides is 1. The maximum absolute atomic E-state index is 10.9. The van der Waals surface area contributed by atoms with Crippen molar-refractivity contribution in [1.82, 2.24) is 10.2 Å². The minimum absolute atomic E-state index is 0. The predicted molar refractivity (Wildman–Crippen MR) is 65.8 cm³/mol. The van der Waals surface area contributed by atoms with E-state index in [-0.39, 0.29) is 17.3 Å². The fraction of sp³-hybridized carbons (Fsp3) is 0.125. The fourth-order valence-corrected chi connectivity index (χ4v) is 2.24. The first-order chi connectivity index (χ1) is 7.02. The molecule has 0 atom stereocenters. The second-order valence-corrected chi connectivity index (χ2v) is 4.97. The van der Waals surface area contributed by atoms with E-state index >= 15 is 0 Å². The Morgan fingerprint density at radius 1 is 1.44 bits per heavy atom. The summed E-state index contributed by atoms with van der Waals surface area (Å²) in [6.07, 6.45) is 0. The molecule has 0 saturated heterocycles. The predicted octanol–water partition coefficient (Wildman–Crippen LogP) is 2.13. The molecule has 0 amide bonds. The zero-order chi connectivity index (χ0) is 11.1. The van der Waals surface area contributed by atoms with Crippen molar-refractivity contribution in [2.24, 2.45) is 0 Å². The molecule has 5 nitrogen and oxygen atoms in total. The van der Waals surface area contributed by atoms with Gasteiger partial charge in [0.25, 0.3) is 10.1 Å². The van der Waals surface area contributed by atoms with Crippen molar-refractivity contribution in [3.05, 3.63) is 23.9 Å². The summed E-state index contributed by atoms with van der Waals surface area (Å²) >= 11 is 3.24. The van der Waals surface area contributed by atoms with Gasteiger partial charge in [-0.15, -0.1) is 12.4 Å². The number of halogens is 2. The van der Waals surface area contributed by atoms with Crippen LogP contribution in [0, 0.1) is 0 Å². The van der Waals surface area contributed by atoms with Crippen molar-refractivity contribution >= 4 is 49.4 Å². The third kappa shape index (κ3) is 2.37. The van der Waals surface area contributed by atoms with E-state index in [1.165, 1.54) is 12.1 Å². The zero-order valence-corrected chi connectivity index (χ0v) is 11.1. The van der Waals surface area contributed by atoms with Gasteiger partial charge in [-0.05, 0) is 18.2 Å². The summed E-state index contributed by atoms with van der Waals surface area (Å²) < 4.78 is 30.7.